The van der Waals surface area contributed by atoms with Crippen LogP contribution < -0.4 is 0 Å². The van der Waals surface area contributed by atoms with E-state index in [-0.39, 0.29) is 5.05 Å². The van der Waals surface area contributed by atoms with E-state index in [1.807, 2.05) is 18.2 Å². The maximum absolute atomic E-state index is 8.15. The third-order valence-corrected chi connectivity index (χ3v) is 1.40. The zero-order valence-corrected chi connectivity index (χ0v) is 5.97. The molecule has 1 aromatic carbocycles. The summed E-state index contributed by atoms with van der Waals surface area (Å²) in [5, 5.41) is 8.24. The lowest BCUT2D eigenvalue weighted by Crippen LogP contribution is -1.98. The third-order valence-electron chi connectivity index (χ3n) is 1.09. The smallest absolute Gasteiger partial charge is 0.235 e. The van der Waals surface area contributed by atoms with Crippen molar-refractivity contribution < 1.29 is 10.1 Å². The van der Waals surface area contributed by atoms with Gasteiger partial charge in [0, 0.05) is 5.56 Å². The number of hydrogen-bond donors (Lipinski definition) is 1. The Morgan fingerprint density at radius 1 is 1.30 bits per heavy atom. The predicted octanol–water partition coefficient (Wildman–Crippen LogP) is 1.85. The van der Waals surface area contributed by atoms with E-state index in [9.17, 15) is 0 Å². The van der Waals surface area contributed by atoms with Gasteiger partial charge in [0.15, 0.2) is 0 Å². The summed E-state index contributed by atoms with van der Waals surface area (Å²) >= 11 is 4.65. The van der Waals surface area contributed by atoms with Gasteiger partial charge in [-0.3, -0.25) is 0 Å². The third kappa shape index (κ3) is 1.52. The SMILES string of the molecule is OOC(=S)c1ccccc1. The second kappa shape index (κ2) is 3.29. The number of thiocarbonyl (C=S) groups is 1. The van der Waals surface area contributed by atoms with Crippen LogP contribution in [0.15, 0.2) is 30.3 Å². The lowest BCUT2D eigenvalue weighted by Gasteiger charge is -1.96. The molecular formula is C7H6O2S. The van der Waals surface area contributed by atoms with Gasteiger partial charge in [-0.25, -0.2) is 5.26 Å². The predicted molar refractivity (Wildman–Crippen MR) is 41.9 cm³/mol. The van der Waals surface area contributed by atoms with Crippen LogP contribution in [0.4, 0.5) is 0 Å². The summed E-state index contributed by atoms with van der Waals surface area (Å²) in [4.78, 5) is 3.87. The van der Waals surface area contributed by atoms with Gasteiger partial charge in [0.25, 0.3) is 0 Å². The second-order valence-corrected chi connectivity index (χ2v) is 2.12. The summed E-state index contributed by atoms with van der Waals surface area (Å²) in [5.41, 5.74) is 0.708. The van der Waals surface area contributed by atoms with Crippen molar-refractivity contribution in [2.75, 3.05) is 0 Å². The van der Waals surface area contributed by atoms with E-state index in [1.54, 1.807) is 12.1 Å². The Labute approximate surface area is 64.0 Å². The van der Waals surface area contributed by atoms with Crippen LogP contribution in [-0.4, -0.2) is 10.3 Å². The second-order valence-electron chi connectivity index (χ2n) is 1.74. The molecule has 1 aromatic rings. The minimum Gasteiger partial charge on any atom is -0.328 e. The van der Waals surface area contributed by atoms with Crippen molar-refractivity contribution >= 4 is 17.3 Å². The molecule has 1 N–H and O–H groups in total. The van der Waals surface area contributed by atoms with Crippen LogP contribution in [0.1, 0.15) is 5.56 Å². The van der Waals surface area contributed by atoms with Gasteiger partial charge in [0.05, 0.1) is 0 Å². The molecule has 0 aliphatic carbocycles. The Bertz CT molecular complexity index is 220. The highest BCUT2D eigenvalue weighted by molar-refractivity contribution is 7.80. The molecule has 0 aliphatic rings. The highest BCUT2D eigenvalue weighted by atomic mass is 32.1. The fourth-order valence-corrected chi connectivity index (χ4v) is 0.763. The largest absolute Gasteiger partial charge is 0.328 e. The Kier molecular flexibility index (Phi) is 2.36. The van der Waals surface area contributed by atoms with Gasteiger partial charge >= 0.3 is 0 Å². The van der Waals surface area contributed by atoms with E-state index in [4.69, 9.17) is 5.26 Å². The maximum atomic E-state index is 8.15. The zero-order chi connectivity index (χ0) is 7.40. The van der Waals surface area contributed by atoms with Crippen LogP contribution in [0, 0.1) is 0 Å². The standard InChI is InChI=1S/C7H6O2S/c8-9-7(10)6-4-2-1-3-5-6/h1-5,8H. The quantitative estimate of drug-likeness (QED) is 0.380. The first-order valence-electron chi connectivity index (χ1n) is 2.75. The van der Waals surface area contributed by atoms with E-state index in [0.717, 1.165) is 0 Å². The summed E-state index contributed by atoms with van der Waals surface area (Å²) in [6.45, 7) is 0. The Hall–Kier alpha value is -0.930. The molecule has 0 saturated heterocycles. The maximum Gasteiger partial charge on any atom is 0.235 e. The fraction of sp³-hybridized carbons (Fsp3) is 0. The summed E-state index contributed by atoms with van der Waals surface area (Å²) in [7, 11) is 0. The van der Waals surface area contributed by atoms with Gasteiger partial charge in [-0.05, 0) is 12.2 Å². The normalized spacial score (nSPS) is 8.90. The average molecular weight is 154 g/mol. The lowest BCUT2D eigenvalue weighted by molar-refractivity contribution is -0.150. The summed E-state index contributed by atoms with van der Waals surface area (Å²) in [6.07, 6.45) is 0. The molecule has 52 valence electrons. The number of hydrogen-bond acceptors (Lipinski definition) is 3. The van der Waals surface area contributed by atoms with Crippen LogP contribution >= 0.6 is 12.2 Å². The van der Waals surface area contributed by atoms with Gasteiger partial charge in [0.1, 0.15) is 0 Å². The van der Waals surface area contributed by atoms with Crippen molar-refractivity contribution in [2.45, 2.75) is 0 Å². The van der Waals surface area contributed by atoms with Gasteiger partial charge in [-0.1, -0.05) is 30.3 Å². The Balaban J connectivity index is 2.85. The topological polar surface area (TPSA) is 29.5 Å². The molecule has 0 heterocycles. The molecule has 0 saturated carbocycles. The van der Waals surface area contributed by atoms with Gasteiger partial charge < -0.3 is 4.89 Å². The molecule has 0 unspecified atom stereocenters. The van der Waals surface area contributed by atoms with Crippen molar-refractivity contribution in [1.29, 1.82) is 0 Å². The molecule has 3 heteroatoms. The van der Waals surface area contributed by atoms with Crippen LogP contribution in [0.3, 0.4) is 0 Å². The molecule has 1 rings (SSSR count). The molecule has 10 heavy (non-hydrogen) atoms. The lowest BCUT2D eigenvalue weighted by atomic mass is 10.2. The molecular weight excluding hydrogens is 148 g/mol. The van der Waals surface area contributed by atoms with Crippen molar-refractivity contribution in [3.63, 3.8) is 0 Å². The molecule has 0 aromatic heterocycles. The van der Waals surface area contributed by atoms with E-state index in [2.05, 4.69) is 17.1 Å². The molecule has 0 spiro atoms. The Morgan fingerprint density at radius 3 is 2.40 bits per heavy atom. The van der Waals surface area contributed by atoms with E-state index < -0.39 is 0 Å². The monoisotopic (exact) mass is 154 g/mol. The minimum atomic E-state index is 0.0978. The highest BCUT2D eigenvalue weighted by Crippen LogP contribution is 2.00. The Morgan fingerprint density at radius 2 is 1.90 bits per heavy atom. The fourth-order valence-electron chi connectivity index (χ4n) is 0.627. The molecule has 0 atom stereocenters. The molecule has 0 radical (unpaired) electrons. The number of rotatable bonds is 1. The number of benzene rings is 1. The van der Waals surface area contributed by atoms with Gasteiger partial charge in [0.2, 0.25) is 5.05 Å². The average Bonchev–Trinajstić information content (AvgIpc) is 2.05. The highest BCUT2D eigenvalue weighted by Gasteiger charge is 1.97. The van der Waals surface area contributed by atoms with Gasteiger partial charge in [-0.15, -0.1) is 0 Å². The molecule has 0 fully saturated rings. The summed E-state index contributed by atoms with van der Waals surface area (Å²) < 4.78 is 0. The van der Waals surface area contributed by atoms with Crippen LogP contribution in [0.25, 0.3) is 0 Å². The van der Waals surface area contributed by atoms with Gasteiger partial charge in [-0.2, -0.15) is 0 Å². The molecule has 0 aliphatic heterocycles. The van der Waals surface area contributed by atoms with Crippen molar-refractivity contribution in [3.8, 4) is 0 Å². The van der Waals surface area contributed by atoms with Crippen molar-refractivity contribution in [1.82, 2.24) is 0 Å². The summed E-state index contributed by atoms with van der Waals surface area (Å²) in [6, 6.07) is 9.03. The first-order valence-corrected chi connectivity index (χ1v) is 3.16. The first kappa shape index (κ1) is 7.18. The molecule has 2 nitrogen and oxygen atoms in total. The van der Waals surface area contributed by atoms with Crippen molar-refractivity contribution in [2.24, 2.45) is 0 Å². The van der Waals surface area contributed by atoms with Crippen molar-refractivity contribution in [3.05, 3.63) is 35.9 Å². The van der Waals surface area contributed by atoms with E-state index in [1.165, 1.54) is 0 Å². The zero-order valence-electron chi connectivity index (χ0n) is 5.15. The summed E-state index contributed by atoms with van der Waals surface area (Å²) in [5.74, 6) is 0. The van der Waals surface area contributed by atoms with Crippen LogP contribution in [0.2, 0.25) is 0 Å². The molecule has 0 amide bonds. The minimum absolute atomic E-state index is 0.0978. The van der Waals surface area contributed by atoms with E-state index >= 15 is 0 Å². The first-order chi connectivity index (χ1) is 4.84. The molecule has 0 bridgehead atoms. The van der Waals surface area contributed by atoms with Crippen LogP contribution in [-0.2, 0) is 4.89 Å². The van der Waals surface area contributed by atoms with Crippen LogP contribution in [0.5, 0.6) is 0 Å². The van der Waals surface area contributed by atoms with E-state index in [0.29, 0.717) is 5.56 Å².